The van der Waals surface area contributed by atoms with E-state index in [0.717, 1.165) is 12.5 Å². The molecule has 2 aliphatic carbocycles. The Balaban J connectivity index is 1.38. The molecule has 0 radical (unpaired) electrons. The van der Waals surface area contributed by atoms with Gasteiger partial charge in [0.1, 0.15) is 24.6 Å². The Morgan fingerprint density at radius 2 is 2.04 bits per heavy atom. The molecule has 144 valence electrons. The van der Waals surface area contributed by atoms with Crippen LogP contribution in [-0.2, 0) is 4.74 Å². The Kier molecular flexibility index (Phi) is 4.12. The summed E-state index contributed by atoms with van der Waals surface area (Å²) in [5, 5.41) is 32.9. The molecule has 1 aliphatic heterocycles. The van der Waals surface area contributed by atoms with Crippen LogP contribution in [0.4, 0.5) is 5.82 Å². The van der Waals surface area contributed by atoms with Gasteiger partial charge in [-0.2, -0.15) is 0 Å². The van der Waals surface area contributed by atoms with Crippen LogP contribution in [0.15, 0.2) is 24.8 Å². The number of aromatic nitrogens is 4. The third-order valence-electron chi connectivity index (χ3n) is 6.10. The van der Waals surface area contributed by atoms with Crippen LogP contribution in [0.2, 0.25) is 0 Å². The van der Waals surface area contributed by atoms with Gasteiger partial charge in [-0.3, -0.25) is 4.57 Å². The first kappa shape index (κ1) is 17.1. The summed E-state index contributed by atoms with van der Waals surface area (Å²) >= 11 is 0. The van der Waals surface area contributed by atoms with E-state index in [1.165, 1.54) is 25.5 Å². The van der Waals surface area contributed by atoms with Gasteiger partial charge >= 0.3 is 0 Å². The van der Waals surface area contributed by atoms with Gasteiger partial charge in [0, 0.05) is 6.54 Å². The van der Waals surface area contributed by atoms with Crippen molar-refractivity contribution < 1.29 is 20.1 Å². The van der Waals surface area contributed by atoms with Crippen LogP contribution in [0, 0.1) is 17.8 Å². The molecule has 0 amide bonds. The van der Waals surface area contributed by atoms with Crippen LogP contribution < -0.4 is 5.32 Å². The van der Waals surface area contributed by atoms with Gasteiger partial charge in [0.2, 0.25) is 0 Å². The molecule has 3 heterocycles. The number of hydrogen-bond donors (Lipinski definition) is 4. The lowest BCUT2D eigenvalue weighted by Gasteiger charge is -2.19. The molecule has 5 rings (SSSR count). The van der Waals surface area contributed by atoms with E-state index < -0.39 is 24.5 Å². The highest BCUT2D eigenvalue weighted by atomic mass is 16.6. The second-order valence-electron chi connectivity index (χ2n) is 7.70. The summed E-state index contributed by atoms with van der Waals surface area (Å²) in [7, 11) is 0. The molecule has 2 aromatic rings. The fourth-order valence-electron chi connectivity index (χ4n) is 4.63. The zero-order valence-corrected chi connectivity index (χ0v) is 14.7. The molecule has 7 atom stereocenters. The second kappa shape index (κ2) is 6.52. The normalized spacial score (nSPS) is 37.5. The lowest BCUT2D eigenvalue weighted by atomic mass is 9.94. The van der Waals surface area contributed by atoms with Crippen LogP contribution in [0.25, 0.3) is 11.2 Å². The van der Waals surface area contributed by atoms with E-state index in [4.69, 9.17) is 4.74 Å². The van der Waals surface area contributed by atoms with Crippen molar-refractivity contribution in [3.63, 3.8) is 0 Å². The zero-order chi connectivity index (χ0) is 18.5. The summed E-state index contributed by atoms with van der Waals surface area (Å²) in [6.45, 7) is 0.458. The van der Waals surface area contributed by atoms with E-state index in [1.54, 1.807) is 4.57 Å². The van der Waals surface area contributed by atoms with Gasteiger partial charge in [-0.05, 0) is 30.6 Å². The number of rotatable bonds is 5. The van der Waals surface area contributed by atoms with Crippen molar-refractivity contribution in [1.82, 2.24) is 19.5 Å². The number of allylic oxidation sites excluding steroid dienone is 2. The number of aliphatic hydroxyl groups is 3. The van der Waals surface area contributed by atoms with Crippen LogP contribution >= 0.6 is 0 Å². The Bertz CT molecular complexity index is 871. The molecule has 2 bridgehead atoms. The molecule has 0 spiro atoms. The van der Waals surface area contributed by atoms with E-state index in [1.807, 2.05) is 0 Å². The van der Waals surface area contributed by atoms with Gasteiger partial charge in [-0.15, -0.1) is 0 Å². The second-order valence-corrected chi connectivity index (χ2v) is 7.70. The van der Waals surface area contributed by atoms with Crippen molar-refractivity contribution in [2.45, 2.75) is 37.4 Å². The molecular formula is C18H23N5O4. The number of ether oxygens (including phenoxy) is 1. The highest BCUT2D eigenvalue weighted by Gasteiger charge is 2.44. The van der Waals surface area contributed by atoms with E-state index in [-0.39, 0.29) is 6.61 Å². The molecule has 4 unspecified atom stereocenters. The molecular weight excluding hydrogens is 350 g/mol. The largest absolute Gasteiger partial charge is 0.394 e. The fraction of sp³-hybridized carbons (Fsp3) is 0.611. The van der Waals surface area contributed by atoms with Crippen molar-refractivity contribution in [3.8, 4) is 0 Å². The molecule has 1 saturated heterocycles. The molecule has 2 aromatic heterocycles. The van der Waals surface area contributed by atoms with Crippen molar-refractivity contribution in [2.24, 2.45) is 17.8 Å². The Hall–Kier alpha value is -2.07. The summed E-state index contributed by atoms with van der Waals surface area (Å²) in [5.74, 6) is 2.62. The molecule has 3 aliphatic rings. The quantitative estimate of drug-likeness (QED) is 0.542. The third kappa shape index (κ3) is 2.73. The van der Waals surface area contributed by atoms with Gasteiger partial charge in [-0.25, -0.2) is 15.0 Å². The highest BCUT2D eigenvalue weighted by molar-refractivity contribution is 5.82. The maximum Gasteiger partial charge on any atom is 0.167 e. The lowest BCUT2D eigenvalue weighted by Crippen LogP contribution is -2.33. The molecule has 0 aromatic carbocycles. The number of nitrogens with zero attached hydrogens (tertiary/aromatic N) is 4. The number of fused-ring (bicyclic) bond motifs is 3. The molecule has 2 fully saturated rings. The number of anilines is 1. The number of aliphatic hydroxyl groups excluding tert-OH is 3. The van der Waals surface area contributed by atoms with Gasteiger partial charge in [0.25, 0.3) is 0 Å². The predicted octanol–water partition coefficient (Wildman–Crippen LogP) is 0.0619. The number of nitrogens with one attached hydrogen (secondary N) is 1. The first-order valence-corrected chi connectivity index (χ1v) is 9.38. The average Bonchev–Trinajstić information content (AvgIpc) is 3.45. The van der Waals surface area contributed by atoms with E-state index in [2.05, 4.69) is 32.4 Å². The van der Waals surface area contributed by atoms with Gasteiger partial charge in [-0.1, -0.05) is 12.2 Å². The minimum Gasteiger partial charge on any atom is -0.394 e. The first-order chi connectivity index (χ1) is 13.2. The smallest absolute Gasteiger partial charge is 0.167 e. The summed E-state index contributed by atoms with van der Waals surface area (Å²) in [6.07, 6.45) is 6.04. The monoisotopic (exact) mass is 373 g/mol. The van der Waals surface area contributed by atoms with Crippen molar-refractivity contribution in [2.75, 3.05) is 18.5 Å². The zero-order valence-electron chi connectivity index (χ0n) is 14.7. The third-order valence-corrected chi connectivity index (χ3v) is 6.10. The maximum absolute atomic E-state index is 10.3. The molecule has 27 heavy (non-hydrogen) atoms. The highest BCUT2D eigenvalue weighted by Crippen LogP contribution is 2.43. The summed E-state index contributed by atoms with van der Waals surface area (Å²) in [6, 6.07) is 0. The van der Waals surface area contributed by atoms with Crippen LogP contribution in [0.5, 0.6) is 0 Å². The topological polar surface area (TPSA) is 126 Å². The Morgan fingerprint density at radius 3 is 2.74 bits per heavy atom. The SMILES string of the molecule is OC[C@H]1OC(n2cnc3c(NCC4CC5C=CC4C5)ncnc32)[C@H](O)[C@@H]1O. The van der Waals surface area contributed by atoms with Crippen LogP contribution in [0.3, 0.4) is 0 Å². The lowest BCUT2D eigenvalue weighted by molar-refractivity contribution is -0.0511. The molecule has 9 nitrogen and oxygen atoms in total. The summed E-state index contributed by atoms with van der Waals surface area (Å²) in [5.41, 5.74) is 1.10. The van der Waals surface area contributed by atoms with Crippen molar-refractivity contribution in [3.05, 3.63) is 24.8 Å². The van der Waals surface area contributed by atoms with Gasteiger partial charge < -0.3 is 25.4 Å². The molecule has 9 heteroatoms. The average molecular weight is 373 g/mol. The number of hydrogen-bond acceptors (Lipinski definition) is 8. The maximum atomic E-state index is 10.3. The number of imidazole rings is 1. The molecule has 4 N–H and O–H groups in total. The predicted molar refractivity (Wildman–Crippen MR) is 95.7 cm³/mol. The van der Waals surface area contributed by atoms with Crippen molar-refractivity contribution in [1.29, 1.82) is 0 Å². The fourth-order valence-corrected chi connectivity index (χ4v) is 4.63. The van der Waals surface area contributed by atoms with E-state index in [0.29, 0.717) is 28.8 Å². The van der Waals surface area contributed by atoms with Gasteiger partial charge in [0.05, 0.1) is 12.9 Å². The minimum atomic E-state index is -1.17. The Morgan fingerprint density at radius 1 is 1.15 bits per heavy atom. The van der Waals surface area contributed by atoms with E-state index >= 15 is 0 Å². The van der Waals surface area contributed by atoms with Crippen LogP contribution in [0.1, 0.15) is 19.1 Å². The summed E-state index contributed by atoms with van der Waals surface area (Å²) < 4.78 is 7.16. The van der Waals surface area contributed by atoms with Crippen molar-refractivity contribution >= 4 is 17.0 Å². The first-order valence-electron chi connectivity index (χ1n) is 9.38. The summed E-state index contributed by atoms with van der Waals surface area (Å²) in [4.78, 5) is 13.0. The standard InChI is InChI=1S/C18H23N5O4/c24-6-12-14(25)15(26)18(27-12)23-8-22-13-16(20-7-21-17(13)23)19-5-11-4-9-1-2-10(11)3-9/h1-2,7-12,14-15,18,24-26H,3-6H2,(H,19,20,21)/t9?,10?,11?,12-,14-,15-,18?/m1/s1. The van der Waals surface area contributed by atoms with E-state index in [9.17, 15) is 15.3 Å². The molecule has 1 saturated carbocycles. The Labute approximate surface area is 155 Å². The minimum absolute atomic E-state index is 0.374. The van der Waals surface area contributed by atoms with Crippen LogP contribution in [-0.4, -0.2) is 66.3 Å². The van der Waals surface area contributed by atoms with Gasteiger partial charge in [0.15, 0.2) is 23.2 Å².